The fourth-order valence-electron chi connectivity index (χ4n) is 3.18. The summed E-state index contributed by atoms with van der Waals surface area (Å²) in [6.45, 7) is 0.263. The first-order valence-corrected chi connectivity index (χ1v) is 8.18. The zero-order valence-corrected chi connectivity index (χ0v) is 14.9. The lowest BCUT2D eigenvalue weighted by atomic mass is 10.0. The van der Waals surface area contributed by atoms with Crippen LogP contribution in [-0.2, 0) is 18.4 Å². The van der Waals surface area contributed by atoms with Gasteiger partial charge in [0.25, 0.3) is 5.56 Å². The largest absolute Gasteiger partial charge is 0.497 e. The highest BCUT2D eigenvalue weighted by Crippen LogP contribution is 2.33. The Kier molecular flexibility index (Phi) is 4.93. The lowest BCUT2D eigenvalue weighted by Crippen LogP contribution is -2.40. The van der Waals surface area contributed by atoms with Crippen molar-refractivity contribution in [3.8, 4) is 11.8 Å². The molecule has 0 radical (unpaired) electrons. The van der Waals surface area contributed by atoms with Crippen molar-refractivity contribution in [2.45, 2.75) is 25.1 Å². The van der Waals surface area contributed by atoms with Gasteiger partial charge in [0.15, 0.2) is 0 Å². The molecule has 0 aliphatic carbocycles. The van der Waals surface area contributed by atoms with Crippen molar-refractivity contribution in [3.63, 3.8) is 0 Å². The second kappa shape index (κ2) is 7.15. The van der Waals surface area contributed by atoms with E-state index in [-0.39, 0.29) is 24.3 Å². The van der Waals surface area contributed by atoms with E-state index in [0.717, 1.165) is 15.9 Å². The molecule has 0 amide bonds. The van der Waals surface area contributed by atoms with Crippen LogP contribution in [0.25, 0.3) is 0 Å². The number of benzene rings is 1. The maximum absolute atomic E-state index is 12.3. The quantitative estimate of drug-likeness (QED) is 0.805. The highest BCUT2D eigenvalue weighted by atomic mass is 16.7. The van der Waals surface area contributed by atoms with Gasteiger partial charge < -0.3 is 4.74 Å². The van der Waals surface area contributed by atoms with Crippen molar-refractivity contribution >= 4 is 0 Å². The second-order valence-corrected chi connectivity index (χ2v) is 6.25. The van der Waals surface area contributed by atoms with Gasteiger partial charge in [-0.05, 0) is 24.1 Å². The minimum Gasteiger partial charge on any atom is -0.497 e. The van der Waals surface area contributed by atoms with Crippen molar-refractivity contribution in [2.75, 3.05) is 14.2 Å². The Morgan fingerprint density at radius 3 is 2.58 bits per heavy atom. The van der Waals surface area contributed by atoms with Crippen molar-refractivity contribution in [1.29, 1.82) is 5.26 Å². The molecule has 8 heteroatoms. The van der Waals surface area contributed by atoms with E-state index in [1.165, 1.54) is 17.8 Å². The molecule has 1 aromatic carbocycles. The van der Waals surface area contributed by atoms with Gasteiger partial charge in [-0.15, -0.1) is 0 Å². The number of aromatic nitrogens is 2. The van der Waals surface area contributed by atoms with Crippen molar-refractivity contribution in [2.24, 2.45) is 7.05 Å². The highest BCUT2D eigenvalue weighted by Gasteiger charge is 2.32. The van der Waals surface area contributed by atoms with E-state index in [0.29, 0.717) is 6.42 Å². The SMILES string of the molecule is COc1ccc([C@H]2C[C@@H](Cn3cc(C#N)c(=O)n(C)c3=O)ON2C)cc1. The van der Waals surface area contributed by atoms with Crippen LogP contribution in [0.1, 0.15) is 23.6 Å². The van der Waals surface area contributed by atoms with E-state index >= 15 is 0 Å². The number of hydroxylamine groups is 2. The lowest BCUT2D eigenvalue weighted by Gasteiger charge is -2.18. The summed E-state index contributed by atoms with van der Waals surface area (Å²) in [5.41, 5.74) is -0.0334. The molecular weight excluding hydrogens is 336 g/mol. The minimum absolute atomic E-state index is 0.0459. The zero-order valence-electron chi connectivity index (χ0n) is 14.9. The highest BCUT2D eigenvalue weighted by molar-refractivity contribution is 5.29. The molecule has 3 rings (SSSR count). The van der Waals surface area contributed by atoms with Crippen molar-refractivity contribution in [3.05, 3.63) is 62.4 Å². The van der Waals surface area contributed by atoms with Crippen LogP contribution in [0.4, 0.5) is 0 Å². The fraction of sp³-hybridized carbons (Fsp3) is 0.389. The van der Waals surface area contributed by atoms with Gasteiger partial charge >= 0.3 is 5.69 Å². The molecule has 1 saturated heterocycles. The lowest BCUT2D eigenvalue weighted by molar-refractivity contribution is -0.147. The fourth-order valence-corrected chi connectivity index (χ4v) is 3.18. The summed E-state index contributed by atoms with van der Waals surface area (Å²) < 4.78 is 7.48. The van der Waals surface area contributed by atoms with Gasteiger partial charge in [-0.2, -0.15) is 10.3 Å². The standard InChI is InChI=1S/C18H20N4O4/c1-20-17(23)13(9-19)10-22(18(20)24)11-15-8-16(21(2)26-15)12-4-6-14(25-3)7-5-12/h4-7,10,15-16H,8,11H2,1-3H3/t15-,16+/m0/s1. The van der Waals surface area contributed by atoms with E-state index in [4.69, 9.17) is 14.8 Å². The average Bonchev–Trinajstić information content (AvgIpc) is 3.02. The predicted molar refractivity (Wildman–Crippen MR) is 93.6 cm³/mol. The Morgan fingerprint density at radius 2 is 1.96 bits per heavy atom. The Bertz CT molecular complexity index is 955. The molecule has 1 fully saturated rings. The number of nitriles is 1. The summed E-state index contributed by atoms with van der Waals surface area (Å²) in [5.74, 6) is 0.785. The molecule has 26 heavy (non-hydrogen) atoms. The molecule has 2 aromatic rings. The minimum atomic E-state index is -0.589. The average molecular weight is 356 g/mol. The van der Waals surface area contributed by atoms with Gasteiger partial charge in [0, 0.05) is 20.3 Å². The Hall–Kier alpha value is -2.89. The van der Waals surface area contributed by atoms with Crippen LogP contribution in [0.15, 0.2) is 40.1 Å². The van der Waals surface area contributed by atoms with Gasteiger partial charge in [-0.1, -0.05) is 12.1 Å². The van der Waals surface area contributed by atoms with E-state index in [2.05, 4.69) is 0 Å². The molecule has 0 saturated carbocycles. The summed E-state index contributed by atoms with van der Waals surface area (Å²) in [5, 5.41) is 10.8. The third kappa shape index (κ3) is 3.27. The smallest absolute Gasteiger partial charge is 0.330 e. The summed E-state index contributed by atoms with van der Waals surface area (Å²) in [6, 6.07) is 9.63. The third-order valence-corrected chi connectivity index (χ3v) is 4.61. The number of hydrogen-bond acceptors (Lipinski definition) is 6. The monoisotopic (exact) mass is 356 g/mol. The molecule has 0 bridgehead atoms. The van der Waals surface area contributed by atoms with Gasteiger partial charge in [0.05, 0.1) is 25.8 Å². The normalized spacial score (nSPS) is 20.1. The summed E-state index contributed by atoms with van der Waals surface area (Å²) in [6.07, 6.45) is 1.74. The first kappa shape index (κ1) is 17.9. The number of ether oxygens (including phenoxy) is 1. The summed E-state index contributed by atoms with van der Waals surface area (Å²) in [4.78, 5) is 30.0. The van der Waals surface area contributed by atoms with E-state index in [9.17, 15) is 9.59 Å². The molecule has 1 aliphatic heterocycles. The van der Waals surface area contributed by atoms with Gasteiger partial charge in [0.2, 0.25) is 0 Å². The Balaban J connectivity index is 1.80. The summed E-state index contributed by atoms with van der Waals surface area (Å²) >= 11 is 0. The van der Waals surface area contributed by atoms with Gasteiger partial charge in [-0.25, -0.2) is 4.79 Å². The van der Waals surface area contributed by atoms with Crippen LogP contribution in [0.3, 0.4) is 0 Å². The third-order valence-electron chi connectivity index (χ3n) is 4.61. The Morgan fingerprint density at radius 1 is 1.27 bits per heavy atom. The van der Waals surface area contributed by atoms with Crippen molar-refractivity contribution < 1.29 is 9.57 Å². The molecule has 136 valence electrons. The van der Waals surface area contributed by atoms with Crippen LogP contribution >= 0.6 is 0 Å². The molecule has 0 N–H and O–H groups in total. The molecule has 0 spiro atoms. The molecule has 1 aliphatic rings. The first-order chi connectivity index (χ1) is 12.4. The molecular formula is C18H20N4O4. The van der Waals surface area contributed by atoms with Crippen LogP contribution in [0.5, 0.6) is 5.75 Å². The van der Waals surface area contributed by atoms with Gasteiger partial charge in [-0.3, -0.25) is 18.8 Å². The van der Waals surface area contributed by atoms with Crippen LogP contribution < -0.4 is 16.0 Å². The van der Waals surface area contributed by atoms with E-state index in [1.807, 2.05) is 37.4 Å². The second-order valence-electron chi connectivity index (χ2n) is 6.25. The maximum Gasteiger partial charge on any atom is 0.330 e. The van der Waals surface area contributed by atoms with E-state index < -0.39 is 11.2 Å². The number of rotatable bonds is 4. The van der Waals surface area contributed by atoms with Crippen LogP contribution in [0.2, 0.25) is 0 Å². The van der Waals surface area contributed by atoms with Gasteiger partial charge in [0.1, 0.15) is 17.4 Å². The van der Waals surface area contributed by atoms with E-state index in [1.54, 1.807) is 12.2 Å². The molecule has 0 unspecified atom stereocenters. The first-order valence-electron chi connectivity index (χ1n) is 8.18. The topological polar surface area (TPSA) is 89.5 Å². The molecule has 1 aromatic heterocycles. The number of methoxy groups -OCH3 is 1. The van der Waals surface area contributed by atoms with Crippen LogP contribution in [-0.4, -0.2) is 34.5 Å². The molecule has 2 heterocycles. The predicted octanol–water partition coefficient (Wildman–Crippen LogP) is 0.804. The zero-order chi connectivity index (χ0) is 18.8. The molecule has 8 nitrogen and oxygen atoms in total. The number of nitrogens with zero attached hydrogens (tertiary/aromatic N) is 4. The maximum atomic E-state index is 12.3. The molecule has 2 atom stereocenters. The summed E-state index contributed by atoms with van der Waals surface area (Å²) in [7, 11) is 4.83. The number of hydrogen-bond donors (Lipinski definition) is 0. The van der Waals surface area contributed by atoms with Crippen molar-refractivity contribution in [1.82, 2.24) is 14.2 Å². The van der Waals surface area contributed by atoms with Crippen LogP contribution in [0, 0.1) is 11.3 Å². The Labute approximate surface area is 150 Å².